The highest BCUT2D eigenvalue weighted by Gasteiger charge is 2.77. The molecule has 1 N–H and O–H groups in total. The second kappa shape index (κ2) is 8.34. The van der Waals surface area contributed by atoms with E-state index >= 15 is 4.39 Å². The van der Waals surface area contributed by atoms with Gasteiger partial charge in [-0.05, 0) is 50.7 Å². The predicted molar refractivity (Wildman–Crippen MR) is 129 cm³/mol. The lowest BCUT2D eigenvalue weighted by Gasteiger charge is -2.62. The number of thioether (sulfide) groups is 1. The quantitative estimate of drug-likeness (QED) is 0.360. The van der Waals surface area contributed by atoms with Crippen LogP contribution in [0.2, 0.25) is 0 Å². The molecule has 0 aliphatic heterocycles. The Labute approximate surface area is 205 Å². The standard InChI is InChI=1S/C27H33FO5S/c1-6-11-34-15-23(32)27(33-17(3)29)16(2)12-21-20-8-7-18-13-19(30)9-10-24(18,4)26(20,28)22(31)14-25(21,27)5/h1,9-10,13,16,20-22,31H,7-8,11-12,14-15H2,2-5H3/t16-,20-,21-,22-,24-,25-,26-,27-/m0/s1. The van der Waals surface area contributed by atoms with Gasteiger partial charge in [0.1, 0.15) is 0 Å². The zero-order valence-corrected chi connectivity index (χ0v) is 21.0. The number of hydrogen-bond acceptors (Lipinski definition) is 6. The molecule has 0 unspecified atom stereocenters. The average molecular weight is 489 g/mol. The van der Waals surface area contributed by atoms with Gasteiger partial charge in [-0.1, -0.05) is 31.4 Å². The molecule has 0 radical (unpaired) electrons. The summed E-state index contributed by atoms with van der Waals surface area (Å²) in [7, 11) is 0. The van der Waals surface area contributed by atoms with Crippen LogP contribution in [0.1, 0.15) is 53.4 Å². The van der Waals surface area contributed by atoms with Gasteiger partial charge < -0.3 is 9.84 Å². The molecule has 184 valence electrons. The van der Waals surface area contributed by atoms with Gasteiger partial charge in [0.25, 0.3) is 0 Å². The number of fused-ring (bicyclic) bond motifs is 5. The van der Waals surface area contributed by atoms with Crippen LogP contribution in [-0.2, 0) is 19.1 Å². The van der Waals surface area contributed by atoms with Crippen molar-refractivity contribution >= 4 is 29.3 Å². The van der Waals surface area contributed by atoms with Crippen LogP contribution in [0, 0.1) is 40.9 Å². The first kappa shape index (κ1) is 25.2. The molecule has 4 rings (SSSR count). The van der Waals surface area contributed by atoms with Crippen LogP contribution < -0.4 is 0 Å². The summed E-state index contributed by atoms with van der Waals surface area (Å²) in [6, 6.07) is 0. The third-order valence-corrected chi connectivity index (χ3v) is 10.2. The van der Waals surface area contributed by atoms with Crippen molar-refractivity contribution in [2.24, 2.45) is 28.6 Å². The van der Waals surface area contributed by atoms with Crippen molar-refractivity contribution in [1.82, 2.24) is 0 Å². The summed E-state index contributed by atoms with van der Waals surface area (Å²) in [6.45, 7) is 6.82. The number of aliphatic hydroxyl groups excluding tert-OH is 1. The van der Waals surface area contributed by atoms with Gasteiger partial charge in [-0.25, -0.2) is 4.39 Å². The molecule has 0 amide bonds. The van der Waals surface area contributed by atoms with Crippen molar-refractivity contribution in [2.75, 3.05) is 11.5 Å². The minimum Gasteiger partial charge on any atom is -0.450 e. The summed E-state index contributed by atoms with van der Waals surface area (Å²) < 4.78 is 23.2. The van der Waals surface area contributed by atoms with E-state index in [0.717, 1.165) is 0 Å². The maximum absolute atomic E-state index is 17.3. The van der Waals surface area contributed by atoms with Crippen molar-refractivity contribution in [3.05, 3.63) is 23.8 Å². The molecule has 0 saturated heterocycles. The normalized spacial score (nSPS) is 44.9. The number of ketones is 2. The van der Waals surface area contributed by atoms with Crippen molar-refractivity contribution in [1.29, 1.82) is 0 Å². The molecule has 5 nitrogen and oxygen atoms in total. The Bertz CT molecular complexity index is 1030. The van der Waals surface area contributed by atoms with Gasteiger partial charge in [-0.2, -0.15) is 0 Å². The van der Waals surface area contributed by atoms with Gasteiger partial charge in [-0.3, -0.25) is 14.4 Å². The molecule has 7 heteroatoms. The van der Waals surface area contributed by atoms with E-state index in [9.17, 15) is 19.5 Å². The van der Waals surface area contributed by atoms with Gasteiger partial charge in [0.2, 0.25) is 0 Å². The van der Waals surface area contributed by atoms with Crippen LogP contribution in [-0.4, -0.2) is 51.5 Å². The van der Waals surface area contributed by atoms with E-state index in [-0.39, 0.29) is 35.6 Å². The fraction of sp³-hybridized carbons (Fsp3) is 0.667. The van der Waals surface area contributed by atoms with E-state index in [1.807, 2.05) is 13.8 Å². The maximum atomic E-state index is 17.3. The van der Waals surface area contributed by atoms with Gasteiger partial charge in [-0.15, -0.1) is 18.2 Å². The average Bonchev–Trinajstić information content (AvgIpc) is 2.97. The highest BCUT2D eigenvalue weighted by atomic mass is 32.2. The van der Waals surface area contributed by atoms with E-state index in [4.69, 9.17) is 11.2 Å². The van der Waals surface area contributed by atoms with Gasteiger partial charge in [0, 0.05) is 29.6 Å². The molecule has 4 aliphatic carbocycles. The minimum absolute atomic E-state index is 0.0154. The first-order valence-corrected chi connectivity index (χ1v) is 13.1. The molecule has 0 spiro atoms. The Balaban J connectivity index is 1.81. The van der Waals surface area contributed by atoms with Gasteiger partial charge >= 0.3 is 5.97 Å². The Morgan fingerprint density at radius 3 is 2.71 bits per heavy atom. The van der Waals surface area contributed by atoms with Crippen LogP contribution >= 0.6 is 11.8 Å². The van der Waals surface area contributed by atoms with E-state index in [1.54, 1.807) is 13.0 Å². The molecule has 3 fully saturated rings. The van der Waals surface area contributed by atoms with E-state index in [0.29, 0.717) is 30.6 Å². The molecule has 0 aromatic carbocycles. The number of ether oxygens (including phenoxy) is 1. The number of allylic oxidation sites excluding steroid dienone is 4. The fourth-order valence-electron chi connectivity index (χ4n) is 7.94. The number of esters is 1. The first-order chi connectivity index (χ1) is 15.9. The summed E-state index contributed by atoms with van der Waals surface area (Å²) in [5.74, 6) is 0.819. The van der Waals surface area contributed by atoms with Crippen LogP contribution in [0.25, 0.3) is 0 Å². The largest absolute Gasteiger partial charge is 0.450 e. The van der Waals surface area contributed by atoms with Gasteiger partial charge in [0.05, 0.1) is 17.6 Å². The molecular formula is C27H33FO5S. The second-order valence-electron chi connectivity index (χ2n) is 10.9. The lowest BCUT2D eigenvalue weighted by Crippen LogP contribution is -2.70. The molecule has 0 bridgehead atoms. The third kappa shape index (κ3) is 3.14. The number of terminal acetylenes is 1. The summed E-state index contributed by atoms with van der Waals surface area (Å²) in [5, 5.41) is 11.5. The molecule has 0 heterocycles. The fourth-order valence-corrected chi connectivity index (χ4v) is 8.56. The SMILES string of the molecule is C#CCSCC(=O)[C@@]1(OC(C)=O)[C@@H](C)C[C@H]2[C@@H]3CCC4=CC(=O)C=C[C@]4(C)[C@@]3(F)[C@@H](O)C[C@@]21C. The first-order valence-electron chi connectivity index (χ1n) is 11.9. The molecule has 0 aromatic heterocycles. The highest BCUT2D eigenvalue weighted by Crippen LogP contribution is 2.71. The lowest BCUT2D eigenvalue weighted by atomic mass is 9.44. The molecule has 0 aromatic rings. The zero-order valence-electron chi connectivity index (χ0n) is 20.2. The Hall–Kier alpha value is -1.91. The van der Waals surface area contributed by atoms with Crippen LogP contribution in [0.3, 0.4) is 0 Å². The van der Waals surface area contributed by atoms with E-state index in [1.165, 1.54) is 30.8 Å². The number of halogens is 1. The monoisotopic (exact) mass is 488 g/mol. The van der Waals surface area contributed by atoms with Crippen molar-refractivity contribution in [3.63, 3.8) is 0 Å². The van der Waals surface area contributed by atoms with Crippen LogP contribution in [0.15, 0.2) is 23.8 Å². The number of rotatable bonds is 5. The van der Waals surface area contributed by atoms with E-state index < -0.39 is 40.1 Å². The summed E-state index contributed by atoms with van der Waals surface area (Å²) in [4.78, 5) is 38.0. The smallest absolute Gasteiger partial charge is 0.303 e. The van der Waals surface area contributed by atoms with Crippen LogP contribution in [0.4, 0.5) is 4.39 Å². The molecular weight excluding hydrogens is 455 g/mol. The summed E-state index contributed by atoms with van der Waals surface area (Å²) in [5.41, 5.74) is -4.78. The Morgan fingerprint density at radius 1 is 1.35 bits per heavy atom. The lowest BCUT2D eigenvalue weighted by molar-refractivity contribution is -0.226. The number of aliphatic hydroxyl groups is 1. The number of hydrogen-bond donors (Lipinski definition) is 1. The number of alkyl halides is 1. The van der Waals surface area contributed by atoms with Gasteiger partial charge in [0.15, 0.2) is 22.8 Å². The minimum atomic E-state index is -1.99. The van der Waals surface area contributed by atoms with E-state index in [2.05, 4.69) is 5.92 Å². The third-order valence-electron chi connectivity index (χ3n) is 9.32. The van der Waals surface area contributed by atoms with Crippen molar-refractivity contribution in [2.45, 2.75) is 70.8 Å². The zero-order chi connectivity index (χ0) is 25.1. The molecule has 8 atom stereocenters. The molecule has 34 heavy (non-hydrogen) atoms. The topological polar surface area (TPSA) is 80.7 Å². The summed E-state index contributed by atoms with van der Waals surface area (Å²) >= 11 is 1.29. The van der Waals surface area contributed by atoms with Crippen LogP contribution in [0.5, 0.6) is 0 Å². The molecule has 3 saturated carbocycles. The number of carbonyl (C=O) groups excluding carboxylic acids is 3. The summed E-state index contributed by atoms with van der Waals surface area (Å²) in [6.07, 6.45) is 9.96. The van der Waals surface area contributed by atoms with Crippen molar-refractivity contribution in [3.8, 4) is 12.3 Å². The number of Topliss-reactive ketones (excluding diaryl/α,β-unsaturated/α-hetero) is 1. The number of carbonyl (C=O) groups is 3. The second-order valence-corrected chi connectivity index (χ2v) is 11.8. The molecule has 4 aliphatic rings. The maximum Gasteiger partial charge on any atom is 0.303 e. The van der Waals surface area contributed by atoms with Crippen molar-refractivity contribution < 1.29 is 28.6 Å². The Kier molecular flexibility index (Phi) is 6.18. The highest BCUT2D eigenvalue weighted by molar-refractivity contribution is 8.00. The Morgan fingerprint density at radius 2 is 2.06 bits per heavy atom. The predicted octanol–water partition coefficient (Wildman–Crippen LogP) is 3.84.